The molecule has 1 amide bonds. The largest absolute Gasteiger partial charge is 0.491 e. The number of amides is 1. The Labute approximate surface area is 148 Å². The fourth-order valence-corrected chi connectivity index (χ4v) is 2.19. The van der Waals surface area contributed by atoms with Crippen LogP contribution in [-0.2, 0) is 4.74 Å². The van der Waals surface area contributed by atoms with Crippen LogP contribution in [0.3, 0.4) is 0 Å². The number of hydrogen-bond acceptors (Lipinski definition) is 5. The van der Waals surface area contributed by atoms with Crippen molar-refractivity contribution >= 4 is 11.9 Å². The predicted octanol–water partition coefficient (Wildman–Crippen LogP) is 3.77. The molecule has 134 valence electrons. The molecule has 6 nitrogen and oxygen atoms in total. The second-order valence-electron chi connectivity index (χ2n) is 6.57. The molecule has 1 aromatic carbocycles. The second-order valence-corrected chi connectivity index (χ2v) is 6.57. The first kappa shape index (κ1) is 18.7. The van der Waals surface area contributed by atoms with E-state index in [1.807, 2.05) is 37.4 Å². The lowest BCUT2D eigenvalue weighted by atomic mass is 10.1. The van der Waals surface area contributed by atoms with Crippen LogP contribution >= 0.6 is 0 Å². The van der Waals surface area contributed by atoms with Crippen molar-refractivity contribution in [1.82, 2.24) is 10.3 Å². The standard InChI is InChI=1S/C19H25N3O3/c1-19(2,3)25-18(23)22-17-12-15(10-11-21-17)24-13-16(20-4)14-8-6-5-7-9-14/h5-12,16,20H,13H2,1-4H3,(H,21,22,23). The number of hydrogen-bond donors (Lipinski definition) is 2. The molecule has 2 aromatic rings. The summed E-state index contributed by atoms with van der Waals surface area (Å²) in [5, 5.41) is 5.84. The first-order chi connectivity index (χ1) is 11.9. The minimum atomic E-state index is -0.562. The van der Waals surface area contributed by atoms with Crippen molar-refractivity contribution < 1.29 is 14.3 Å². The highest BCUT2D eigenvalue weighted by Crippen LogP contribution is 2.19. The van der Waals surface area contributed by atoms with E-state index in [2.05, 4.69) is 15.6 Å². The summed E-state index contributed by atoms with van der Waals surface area (Å²) in [6.07, 6.45) is 1.04. The van der Waals surface area contributed by atoms with Gasteiger partial charge in [-0.2, -0.15) is 0 Å². The van der Waals surface area contributed by atoms with Crippen LogP contribution in [0.2, 0.25) is 0 Å². The van der Waals surface area contributed by atoms with E-state index < -0.39 is 11.7 Å². The maximum absolute atomic E-state index is 11.8. The lowest BCUT2D eigenvalue weighted by molar-refractivity contribution is 0.0635. The van der Waals surface area contributed by atoms with Crippen LogP contribution in [0.5, 0.6) is 5.75 Å². The fourth-order valence-electron chi connectivity index (χ4n) is 2.19. The van der Waals surface area contributed by atoms with Crippen molar-refractivity contribution in [2.75, 3.05) is 19.0 Å². The molecule has 2 N–H and O–H groups in total. The van der Waals surface area contributed by atoms with Gasteiger partial charge in [-0.05, 0) is 39.4 Å². The molecular formula is C19H25N3O3. The third-order valence-electron chi connectivity index (χ3n) is 3.33. The summed E-state index contributed by atoms with van der Waals surface area (Å²) in [5.41, 5.74) is 0.583. The molecule has 1 atom stereocenters. The molecule has 6 heteroatoms. The number of nitrogens with zero attached hydrogens (tertiary/aromatic N) is 1. The number of pyridine rings is 1. The number of benzene rings is 1. The summed E-state index contributed by atoms with van der Waals surface area (Å²) in [7, 11) is 1.89. The number of ether oxygens (including phenoxy) is 2. The van der Waals surface area contributed by atoms with Crippen LogP contribution in [0, 0.1) is 0 Å². The second kappa shape index (κ2) is 8.48. The van der Waals surface area contributed by atoms with Gasteiger partial charge in [-0.25, -0.2) is 9.78 Å². The predicted molar refractivity (Wildman–Crippen MR) is 97.8 cm³/mol. The van der Waals surface area contributed by atoms with Gasteiger partial charge in [0.2, 0.25) is 0 Å². The van der Waals surface area contributed by atoms with Gasteiger partial charge in [0, 0.05) is 12.3 Å². The van der Waals surface area contributed by atoms with Crippen molar-refractivity contribution in [3.63, 3.8) is 0 Å². The molecule has 0 aliphatic carbocycles. The van der Waals surface area contributed by atoms with Gasteiger partial charge in [-0.3, -0.25) is 5.32 Å². The van der Waals surface area contributed by atoms with Crippen molar-refractivity contribution in [2.24, 2.45) is 0 Å². The van der Waals surface area contributed by atoms with E-state index in [-0.39, 0.29) is 6.04 Å². The normalized spacial score (nSPS) is 12.3. The van der Waals surface area contributed by atoms with Crippen molar-refractivity contribution in [3.8, 4) is 5.75 Å². The van der Waals surface area contributed by atoms with Crippen LogP contribution < -0.4 is 15.4 Å². The molecular weight excluding hydrogens is 318 g/mol. The number of aromatic nitrogens is 1. The smallest absolute Gasteiger partial charge is 0.413 e. The fraction of sp³-hybridized carbons (Fsp3) is 0.368. The van der Waals surface area contributed by atoms with E-state index in [1.165, 1.54) is 0 Å². The Morgan fingerprint density at radius 3 is 2.56 bits per heavy atom. The molecule has 0 spiro atoms. The van der Waals surface area contributed by atoms with Gasteiger partial charge in [0.1, 0.15) is 23.8 Å². The molecule has 0 aliphatic heterocycles. The molecule has 2 rings (SSSR count). The number of anilines is 1. The van der Waals surface area contributed by atoms with E-state index in [0.717, 1.165) is 5.56 Å². The van der Waals surface area contributed by atoms with E-state index in [4.69, 9.17) is 9.47 Å². The van der Waals surface area contributed by atoms with Gasteiger partial charge >= 0.3 is 6.09 Å². The quantitative estimate of drug-likeness (QED) is 0.835. The summed E-state index contributed by atoms with van der Waals surface area (Å²) >= 11 is 0. The number of carbonyl (C=O) groups excluding carboxylic acids is 1. The van der Waals surface area contributed by atoms with Crippen LogP contribution in [0.25, 0.3) is 0 Å². The molecule has 0 bridgehead atoms. The van der Waals surface area contributed by atoms with Gasteiger partial charge in [-0.1, -0.05) is 30.3 Å². The molecule has 25 heavy (non-hydrogen) atoms. The lowest BCUT2D eigenvalue weighted by Crippen LogP contribution is -2.27. The Bertz CT molecular complexity index is 684. The number of carbonyl (C=O) groups is 1. The summed E-state index contributed by atoms with van der Waals surface area (Å²) in [5.74, 6) is 1.00. The van der Waals surface area contributed by atoms with Crippen LogP contribution in [0.15, 0.2) is 48.7 Å². The van der Waals surface area contributed by atoms with Crippen LogP contribution in [-0.4, -0.2) is 30.3 Å². The summed E-state index contributed by atoms with van der Waals surface area (Å²) in [6.45, 7) is 5.87. The molecule has 1 aromatic heterocycles. The molecule has 0 saturated carbocycles. The summed E-state index contributed by atoms with van der Waals surface area (Å²) < 4.78 is 11.1. The van der Waals surface area contributed by atoms with E-state index in [1.54, 1.807) is 39.1 Å². The Hall–Kier alpha value is -2.60. The van der Waals surface area contributed by atoms with Gasteiger partial charge in [-0.15, -0.1) is 0 Å². The molecule has 1 heterocycles. The highest BCUT2D eigenvalue weighted by Gasteiger charge is 2.17. The molecule has 0 aliphatic rings. The number of rotatable bonds is 6. The zero-order valence-electron chi connectivity index (χ0n) is 15.1. The molecule has 0 radical (unpaired) electrons. The highest BCUT2D eigenvalue weighted by atomic mass is 16.6. The summed E-state index contributed by atoms with van der Waals surface area (Å²) in [4.78, 5) is 15.9. The molecule has 1 unspecified atom stereocenters. The van der Waals surface area contributed by atoms with E-state index in [9.17, 15) is 4.79 Å². The number of likely N-dealkylation sites (N-methyl/N-ethyl adjacent to an activating group) is 1. The van der Waals surface area contributed by atoms with Crippen molar-refractivity contribution in [3.05, 3.63) is 54.2 Å². The zero-order valence-corrected chi connectivity index (χ0v) is 15.1. The number of nitrogens with one attached hydrogen (secondary N) is 2. The van der Waals surface area contributed by atoms with E-state index >= 15 is 0 Å². The van der Waals surface area contributed by atoms with Crippen LogP contribution in [0.1, 0.15) is 32.4 Å². The maximum Gasteiger partial charge on any atom is 0.413 e. The van der Waals surface area contributed by atoms with Crippen LogP contribution in [0.4, 0.5) is 10.6 Å². The molecule has 0 fully saturated rings. The maximum atomic E-state index is 11.8. The average Bonchev–Trinajstić information content (AvgIpc) is 2.55. The Morgan fingerprint density at radius 2 is 1.92 bits per heavy atom. The van der Waals surface area contributed by atoms with Gasteiger partial charge in [0.25, 0.3) is 0 Å². The Balaban J connectivity index is 1.96. The topological polar surface area (TPSA) is 72.5 Å². The Kier molecular flexibility index (Phi) is 6.36. The minimum absolute atomic E-state index is 0.0663. The van der Waals surface area contributed by atoms with Crippen molar-refractivity contribution in [2.45, 2.75) is 32.4 Å². The third-order valence-corrected chi connectivity index (χ3v) is 3.33. The minimum Gasteiger partial charge on any atom is -0.491 e. The van der Waals surface area contributed by atoms with Gasteiger partial charge in [0.05, 0.1) is 6.04 Å². The molecule has 0 saturated heterocycles. The first-order valence-corrected chi connectivity index (χ1v) is 8.18. The van der Waals surface area contributed by atoms with Gasteiger partial charge < -0.3 is 14.8 Å². The van der Waals surface area contributed by atoms with Crippen molar-refractivity contribution in [1.29, 1.82) is 0 Å². The Morgan fingerprint density at radius 1 is 1.20 bits per heavy atom. The highest BCUT2D eigenvalue weighted by molar-refractivity contribution is 5.83. The average molecular weight is 343 g/mol. The lowest BCUT2D eigenvalue weighted by Gasteiger charge is -2.20. The zero-order chi connectivity index (χ0) is 18.3. The van der Waals surface area contributed by atoms with Gasteiger partial charge in [0.15, 0.2) is 0 Å². The SMILES string of the molecule is CNC(COc1ccnc(NC(=O)OC(C)(C)C)c1)c1ccccc1. The third kappa shape index (κ3) is 6.43. The monoisotopic (exact) mass is 343 g/mol. The first-order valence-electron chi connectivity index (χ1n) is 8.18. The summed E-state index contributed by atoms with van der Waals surface area (Å²) in [6, 6.07) is 13.5. The van der Waals surface area contributed by atoms with E-state index in [0.29, 0.717) is 18.2 Å².